The Morgan fingerprint density at radius 1 is 1.43 bits per heavy atom. The van der Waals surface area contributed by atoms with Gasteiger partial charge >= 0.3 is 11.9 Å². The average Bonchev–Trinajstić information content (AvgIpc) is 2.02. The Morgan fingerprint density at radius 2 is 2.00 bits per heavy atom. The summed E-state index contributed by atoms with van der Waals surface area (Å²) in [5.41, 5.74) is 0. The predicted octanol–water partition coefficient (Wildman–Crippen LogP) is -0.341. The van der Waals surface area contributed by atoms with Gasteiger partial charge in [-0.1, -0.05) is 6.92 Å². The summed E-state index contributed by atoms with van der Waals surface area (Å²) in [6.07, 6.45) is -1.13. The molecule has 80 valence electrons. The fraction of sp³-hybridized carbons (Fsp3) is 0.750. The zero-order valence-corrected chi connectivity index (χ0v) is 7.64. The van der Waals surface area contributed by atoms with Crippen LogP contribution < -0.4 is 0 Å². The number of carbonyl (C=O) groups is 2. The fourth-order valence-electron chi connectivity index (χ4n) is 1.54. The molecule has 1 rings (SSSR count). The first-order chi connectivity index (χ1) is 6.35. The molecule has 1 aliphatic heterocycles. The SMILES string of the molecule is CC1CC(C(=O)O)OC(O)(C(=O)O)C1. The molecular weight excluding hydrogens is 192 g/mol. The van der Waals surface area contributed by atoms with Gasteiger partial charge in [-0.3, -0.25) is 0 Å². The van der Waals surface area contributed by atoms with E-state index in [4.69, 9.17) is 10.2 Å². The molecule has 6 heteroatoms. The summed E-state index contributed by atoms with van der Waals surface area (Å²) in [6, 6.07) is 0. The standard InChI is InChI=1S/C8H12O6/c1-4-2-5(6(9)10)14-8(13,3-4)7(11)12/h4-5,13H,2-3H2,1H3,(H,9,10)(H,11,12). The predicted molar refractivity (Wildman–Crippen MR) is 43.5 cm³/mol. The largest absolute Gasteiger partial charge is 0.479 e. The number of carboxylic acid groups (broad SMARTS) is 2. The quantitative estimate of drug-likeness (QED) is 0.568. The van der Waals surface area contributed by atoms with Crippen LogP contribution in [0.1, 0.15) is 19.8 Å². The zero-order valence-electron chi connectivity index (χ0n) is 7.64. The lowest BCUT2D eigenvalue weighted by Gasteiger charge is -2.35. The first kappa shape index (κ1) is 10.9. The van der Waals surface area contributed by atoms with Crippen molar-refractivity contribution in [2.24, 2.45) is 5.92 Å². The molecule has 0 amide bonds. The van der Waals surface area contributed by atoms with E-state index in [-0.39, 0.29) is 18.8 Å². The Labute approximate surface area is 80.1 Å². The Morgan fingerprint density at radius 3 is 2.43 bits per heavy atom. The topological polar surface area (TPSA) is 104 Å². The van der Waals surface area contributed by atoms with Crippen LogP contribution in [0.15, 0.2) is 0 Å². The summed E-state index contributed by atoms with van der Waals surface area (Å²) in [6.45, 7) is 1.67. The normalized spacial score (nSPS) is 37.9. The second-order valence-electron chi connectivity index (χ2n) is 3.58. The molecule has 1 aliphatic rings. The summed E-state index contributed by atoms with van der Waals surface area (Å²) in [4.78, 5) is 21.2. The Bertz CT molecular complexity index is 263. The van der Waals surface area contributed by atoms with Crippen molar-refractivity contribution in [1.82, 2.24) is 0 Å². The number of hydrogen-bond acceptors (Lipinski definition) is 4. The van der Waals surface area contributed by atoms with Crippen molar-refractivity contribution in [1.29, 1.82) is 0 Å². The fourth-order valence-corrected chi connectivity index (χ4v) is 1.54. The summed E-state index contributed by atoms with van der Waals surface area (Å²) in [7, 11) is 0. The van der Waals surface area contributed by atoms with E-state index >= 15 is 0 Å². The third-order valence-electron chi connectivity index (χ3n) is 2.19. The number of aliphatic hydroxyl groups is 1. The van der Waals surface area contributed by atoms with Gasteiger partial charge < -0.3 is 20.1 Å². The zero-order chi connectivity index (χ0) is 10.9. The van der Waals surface area contributed by atoms with Gasteiger partial charge in [0.25, 0.3) is 5.79 Å². The molecule has 14 heavy (non-hydrogen) atoms. The number of carboxylic acids is 2. The molecule has 1 fully saturated rings. The summed E-state index contributed by atoms with van der Waals surface area (Å²) >= 11 is 0. The average molecular weight is 204 g/mol. The minimum absolute atomic E-state index is 0.0912. The highest BCUT2D eigenvalue weighted by atomic mass is 16.7. The summed E-state index contributed by atoms with van der Waals surface area (Å²) < 4.78 is 4.62. The lowest BCUT2D eigenvalue weighted by Crippen LogP contribution is -2.51. The van der Waals surface area contributed by atoms with E-state index in [9.17, 15) is 14.7 Å². The van der Waals surface area contributed by atoms with Crippen LogP contribution in [0.4, 0.5) is 0 Å². The summed E-state index contributed by atoms with van der Waals surface area (Å²) in [5, 5.41) is 26.7. The van der Waals surface area contributed by atoms with E-state index in [1.165, 1.54) is 0 Å². The molecule has 3 unspecified atom stereocenters. The van der Waals surface area contributed by atoms with Crippen LogP contribution in [-0.2, 0) is 14.3 Å². The van der Waals surface area contributed by atoms with E-state index in [1.807, 2.05) is 0 Å². The van der Waals surface area contributed by atoms with Crippen molar-refractivity contribution >= 4 is 11.9 Å². The van der Waals surface area contributed by atoms with E-state index in [0.29, 0.717) is 0 Å². The van der Waals surface area contributed by atoms with Gasteiger partial charge in [-0.2, -0.15) is 0 Å². The molecule has 0 aromatic carbocycles. The molecule has 3 N–H and O–H groups in total. The van der Waals surface area contributed by atoms with Crippen molar-refractivity contribution in [2.45, 2.75) is 31.7 Å². The highest BCUT2D eigenvalue weighted by molar-refractivity contribution is 5.77. The van der Waals surface area contributed by atoms with Crippen molar-refractivity contribution in [2.75, 3.05) is 0 Å². The second-order valence-corrected chi connectivity index (χ2v) is 3.58. The lowest BCUT2D eigenvalue weighted by atomic mass is 9.91. The van der Waals surface area contributed by atoms with E-state index in [2.05, 4.69) is 4.74 Å². The van der Waals surface area contributed by atoms with Gasteiger partial charge in [0.05, 0.1) is 0 Å². The van der Waals surface area contributed by atoms with Gasteiger partial charge in [0, 0.05) is 6.42 Å². The van der Waals surface area contributed by atoms with Crippen molar-refractivity contribution < 1.29 is 29.6 Å². The monoisotopic (exact) mass is 204 g/mol. The minimum Gasteiger partial charge on any atom is -0.479 e. The van der Waals surface area contributed by atoms with Crippen molar-refractivity contribution in [3.63, 3.8) is 0 Å². The summed E-state index contributed by atoms with van der Waals surface area (Å²) in [5.74, 6) is -5.36. The van der Waals surface area contributed by atoms with Crippen LogP contribution in [-0.4, -0.2) is 39.1 Å². The maximum Gasteiger partial charge on any atom is 0.364 e. The third-order valence-corrected chi connectivity index (χ3v) is 2.19. The molecule has 0 radical (unpaired) electrons. The molecule has 0 aromatic heterocycles. The molecular formula is C8H12O6. The van der Waals surface area contributed by atoms with Crippen molar-refractivity contribution in [3.8, 4) is 0 Å². The van der Waals surface area contributed by atoms with Crippen LogP contribution in [0, 0.1) is 5.92 Å². The van der Waals surface area contributed by atoms with Gasteiger partial charge in [0.1, 0.15) is 0 Å². The first-order valence-electron chi connectivity index (χ1n) is 4.21. The highest BCUT2D eigenvalue weighted by Crippen LogP contribution is 2.31. The van der Waals surface area contributed by atoms with Crippen LogP contribution >= 0.6 is 0 Å². The Hall–Kier alpha value is -1.14. The van der Waals surface area contributed by atoms with Crippen LogP contribution in [0.3, 0.4) is 0 Å². The van der Waals surface area contributed by atoms with E-state index in [1.54, 1.807) is 6.92 Å². The molecule has 6 nitrogen and oxygen atoms in total. The highest BCUT2D eigenvalue weighted by Gasteiger charge is 2.47. The molecule has 0 aromatic rings. The van der Waals surface area contributed by atoms with Gasteiger partial charge in [-0.15, -0.1) is 0 Å². The maximum absolute atomic E-state index is 10.6. The van der Waals surface area contributed by atoms with E-state index in [0.717, 1.165) is 0 Å². The molecule has 0 aliphatic carbocycles. The minimum atomic E-state index is -2.36. The molecule has 1 heterocycles. The third kappa shape index (κ3) is 2.02. The Kier molecular flexibility index (Phi) is 2.77. The number of ether oxygens (including phenoxy) is 1. The van der Waals surface area contributed by atoms with Gasteiger partial charge in [0.15, 0.2) is 6.10 Å². The first-order valence-corrected chi connectivity index (χ1v) is 4.21. The van der Waals surface area contributed by atoms with Crippen LogP contribution in [0.25, 0.3) is 0 Å². The molecule has 0 spiro atoms. The van der Waals surface area contributed by atoms with Crippen LogP contribution in [0.2, 0.25) is 0 Å². The number of hydrogen-bond donors (Lipinski definition) is 3. The van der Waals surface area contributed by atoms with Gasteiger partial charge in [0.2, 0.25) is 0 Å². The smallest absolute Gasteiger partial charge is 0.364 e. The second kappa shape index (κ2) is 3.55. The van der Waals surface area contributed by atoms with Gasteiger partial charge in [-0.25, -0.2) is 9.59 Å². The number of rotatable bonds is 2. The molecule has 0 bridgehead atoms. The lowest BCUT2D eigenvalue weighted by molar-refractivity contribution is -0.263. The van der Waals surface area contributed by atoms with Crippen LogP contribution in [0.5, 0.6) is 0 Å². The van der Waals surface area contributed by atoms with Crippen molar-refractivity contribution in [3.05, 3.63) is 0 Å². The Balaban J connectivity index is 2.81. The number of aliphatic carboxylic acids is 2. The van der Waals surface area contributed by atoms with E-state index < -0.39 is 23.8 Å². The molecule has 1 saturated heterocycles. The maximum atomic E-state index is 10.6. The molecule has 3 atom stereocenters. The molecule has 0 saturated carbocycles. The van der Waals surface area contributed by atoms with Gasteiger partial charge in [-0.05, 0) is 12.3 Å².